The quantitative estimate of drug-likeness (QED) is 0.0234. The number of carbonyl (C=O) groups excluding carboxylic acids is 2. The molecule has 11 heteroatoms. The smallest absolute Gasteiger partial charge is 0.457 e. The highest BCUT2D eigenvalue weighted by Crippen LogP contribution is 2.43. The fourth-order valence-electron chi connectivity index (χ4n) is 6.69. The van der Waals surface area contributed by atoms with Crippen LogP contribution in [0.1, 0.15) is 226 Å². The summed E-state index contributed by atoms with van der Waals surface area (Å²) in [5.41, 5.74) is 0. The molecule has 0 fully saturated rings. The molecule has 3 unspecified atom stereocenters. The lowest BCUT2D eigenvalue weighted by molar-refractivity contribution is -0.153. The van der Waals surface area contributed by atoms with Gasteiger partial charge in [0.1, 0.15) is 12.2 Å². The van der Waals surface area contributed by atoms with Gasteiger partial charge in [-0.1, -0.05) is 173 Å². The first kappa shape index (κ1) is 56.5. The van der Waals surface area contributed by atoms with E-state index in [-0.39, 0.29) is 12.8 Å². The van der Waals surface area contributed by atoms with E-state index >= 15 is 0 Å². The summed E-state index contributed by atoms with van der Waals surface area (Å²) in [6.07, 6.45) is 44.4. The number of esters is 2. The third-order valence-electron chi connectivity index (χ3n) is 10.4. The number of phosphoric acid groups is 1. The Labute approximate surface area is 355 Å². The van der Waals surface area contributed by atoms with Gasteiger partial charge in [0.2, 0.25) is 0 Å². The average molecular weight is 845 g/mol. The summed E-state index contributed by atoms with van der Waals surface area (Å²) in [5.74, 6) is -1.02. The average Bonchev–Trinajstić information content (AvgIpc) is 3.21. The number of rotatable bonds is 45. The van der Waals surface area contributed by atoms with E-state index in [2.05, 4.69) is 38.2 Å². The standard InChI is InChI=1S/C47H89O10P/c1-3-5-7-9-11-13-15-17-19-20-21-22-23-24-25-27-29-31-33-35-37-39-47(51)57-45(41-49)43-55-58(52,53)54-42-44(40-48)56-46(50)38-36-34-32-30-28-26-18-16-14-12-10-8-6-4-2/h16,18,20-21,44-45,48-49H,3-15,17,19,22-43H2,1-2H3,(H,52,53)/b18-16-,21-20-. The van der Waals surface area contributed by atoms with Gasteiger partial charge in [-0.2, -0.15) is 0 Å². The molecule has 10 nitrogen and oxygen atoms in total. The number of allylic oxidation sites excluding steroid dienone is 4. The van der Waals surface area contributed by atoms with Crippen LogP contribution in [-0.2, 0) is 32.7 Å². The van der Waals surface area contributed by atoms with Gasteiger partial charge >= 0.3 is 19.8 Å². The summed E-state index contributed by atoms with van der Waals surface area (Å²) in [7, 11) is -4.64. The first-order valence-electron chi connectivity index (χ1n) is 23.8. The number of ether oxygens (including phenoxy) is 2. The molecule has 0 spiro atoms. The highest BCUT2D eigenvalue weighted by atomic mass is 31.2. The highest BCUT2D eigenvalue weighted by Gasteiger charge is 2.27. The van der Waals surface area contributed by atoms with E-state index in [0.29, 0.717) is 12.8 Å². The maximum absolute atomic E-state index is 12.4. The lowest BCUT2D eigenvalue weighted by atomic mass is 10.1. The maximum Gasteiger partial charge on any atom is 0.472 e. The molecule has 0 saturated heterocycles. The molecule has 0 aliphatic carbocycles. The fourth-order valence-corrected chi connectivity index (χ4v) is 7.48. The minimum absolute atomic E-state index is 0.184. The first-order valence-corrected chi connectivity index (χ1v) is 25.3. The summed E-state index contributed by atoms with van der Waals surface area (Å²) in [5, 5.41) is 19.2. The molecular weight excluding hydrogens is 755 g/mol. The third kappa shape index (κ3) is 41.2. The van der Waals surface area contributed by atoms with E-state index in [9.17, 15) is 29.3 Å². The molecule has 3 N–H and O–H groups in total. The van der Waals surface area contributed by atoms with Gasteiger partial charge in [0.05, 0.1) is 26.4 Å². The second-order valence-electron chi connectivity index (χ2n) is 16.1. The van der Waals surface area contributed by atoms with Crippen LogP contribution in [0.4, 0.5) is 0 Å². The predicted octanol–water partition coefficient (Wildman–Crippen LogP) is 13.0. The molecule has 3 atom stereocenters. The largest absolute Gasteiger partial charge is 0.472 e. The van der Waals surface area contributed by atoms with Crippen molar-refractivity contribution in [3.8, 4) is 0 Å². The molecule has 58 heavy (non-hydrogen) atoms. The van der Waals surface area contributed by atoms with Crippen LogP contribution in [0.2, 0.25) is 0 Å². The van der Waals surface area contributed by atoms with Gasteiger partial charge in [0.25, 0.3) is 0 Å². The number of aliphatic hydroxyl groups excluding tert-OH is 2. The van der Waals surface area contributed by atoms with E-state index in [1.165, 1.54) is 128 Å². The minimum Gasteiger partial charge on any atom is -0.457 e. The Balaban J connectivity index is 3.86. The highest BCUT2D eigenvalue weighted by molar-refractivity contribution is 7.47. The Bertz CT molecular complexity index is 1020. The van der Waals surface area contributed by atoms with Gasteiger partial charge < -0.3 is 24.6 Å². The molecular formula is C47H89O10P. The number of hydrogen-bond donors (Lipinski definition) is 3. The van der Waals surface area contributed by atoms with Gasteiger partial charge in [-0.15, -0.1) is 0 Å². The third-order valence-corrected chi connectivity index (χ3v) is 11.3. The second kappa shape index (κ2) is 43.5. The lowest BCUT2D eigenvalue weighted by Gasteiger charge is -2.20. The Morgan fingerprint density at radius 3 is 0.983 bits per heavy atom. The number of aliphatic hydroxyl groups is 2. The number of phosphoric ester groups is 1. The van der Waals surface area contributed by atoms with Gasteiger partial charge in [-0.3, -0.25) is 18.6 Å². The van der Waals surface area contributed by atoms with Crippen LogP contribution in [0, 0.1) is 0 Å². The van der Waals surface area contributed by atoms with E-state index in [4.69, 9.17) is 18.5 Å². The van der Waals surface area contributed by atoms with Gasteiger partial charge in [0.15, 0.2) is 0 Å². The van der Waals surface area contributed by atoms with Crippen LogP contribution in [-0.4, -0.2) is 65.7 Å². The molecule has 0 radical (unpaired) electrons. The molecule has 0 aromatic carbocycles. The Kier molecular flexibility index (Phi) is 42.4. The summed E-state index contributed by atoms with van der Waals surface area (Å²) in [6.45, 7) is 2.21. The molecule has 0 heterocycles. The summed E-state index contributed by atoms with van der Waals surface area (Å²) in [4.78, 5) is 34.6. The van der Waals surface area contributed by atoms with Crippen LogP contribution in [0.15, 0.2) is 24.3 Å². The second-order valence-corrected chi connectivity index (χ2v) is 17.5. The zero-order chi connectivity index (χ0) is 42.6. The number of hydrogen-bond acceptors (Lipinski definition) is 9. The van der Waals surface area contributed by atoms with E-state index in [0.717, 1.165) is 57.8 Å². The molecule has 0 aliphatic heterocycles. The Morgan fingerprint density at radius 1 is 0.448 bits per heavy atom. The van der Waals surface area contributed by atoms with E-state index in [1.54, 1.807) is 0 Å². The van der Waals surface area contributed by atoms with Gasteiger partial charge in [0, 0.05) is 12.8 Å². The van der Waals surface area contributed by atoms with Crippen molar-refractivity contribution in [1.29, 1.82) is 0 Å². The van der Waals surface area contributed by atoms with Gasteiger partial charge in [-0.25, -0.2) is 4.57 Å². The molecule has 0 rings (SSSR count). The molecule has 342 valence electrons. The van der Waals surface area contributed by atoms with Crippen molar-refractivity contribution in [2.75, 3.05) is 26.4 Å². The number of carbonyl (C=O) groups is 2. The molecule has 0 bridgehead atoms. The van der Waals surface area contributed by atoms with E-state index < -0.39 is 58.4 Å². The van der Waals surface area contributed by atoms with Crippen LogP contribution in [0.5, 0.6) is 0 Å². The van der Waals surface area contributed by atoms with Crippen LogP contribution in [0.25, 0.3) is 0 Å². The van der Waals surface area contributed by atoms with Crippen molar-refractivity contribution in [3.63, 3.8) is 0 Å². The number of unbranched alkanes of at least 4 members (excludes halogenated alkanes) is 27. The topological polar surface area (TPSA) is 149 Å². The molecule has 0 aromatic heterocycles. The zero-order valence-corrected chi connectivity index (χ0v) is 38.2. The van der Waals surface area contributed by atoms with Crippen molar-refractivity contribution in [2.24, 2.45) is 0 Å². The van der Waals surface area contributed by atoms with Gasteiger partial charge in [-0.05, 0) is 64.2 Å². The van der Waals surface area contributed by atoms with Crippen molar-refractivity contribution < 1.29 is 47.8 Å². The van der Waals surface area contributed by atoms with Crippen molar-refractivity contribution in [1.82, 2.24) is 0 Å². The Morgan fingerprint density at radius 2 is 0.707 bits per heavy atom. The molecule has 0 aliphatic rings. The monoisotopic (exact) mass is 845 g/mol. The molecule has 0 aromatic rings. The van der Waals surface area contributed by atoms with Crippen LogP contribution < -0.4 is 0 Å². The predicted molar refractivity (Wildman–Crippen MR) is 238 cm³/mol. The maximum atomic E-state index is 12.4. The SMILES string of the molecule is CCCCCCC/C=C\CCCCCCCC(=O)OC(CO)COP(=O)(O)OCC(CO)OC(=O)CCCCCCCCCCC/C=C\CCCCCCCCCC. The zero-order valence-electron chi connectivity index (χ0n) is 37.3. The lowest BCUT2D eigenvalue weighted by Crippen LogP contribution is -2.28. The van der Waals surface area contributed by atoms with Crippen molar-refractivity contribution in [2.45, 2.75) is 238 Å². The summed E-state index contributed by atoms with van der Waals surface area (Å²) >= 11 is 0. The first-order chi connectivity index (χ1) is 28.3. The van der Waals surface area contributed by atoms with Crippen LogP contribution >= 0.6 is 7.82 Å². The van der Waals surface area contributed by atoms with Crippen molar-refractivity contribution in [3.05, 3.63) is 24.3 Å². The minimum atomic E-state index is -4.64. The summed E-state index contributed by atoms with van der Waals surface area (Å²) in [6, 6.07) is 0. The molecule has 0 saturated carbocycles. The molecule has 0 amide bonds. The fraction of sp³-hybridized carbons (Fsp3) is 0.872. The summed E-state index contributed by atoms with van der Waals surface area (Å²) < 4.78 is 32.6. The normalized spacial score (nSPS) is 13.9. The van der Waals surface area contributed by atoms with E-state index in [1.807, 2.05) is 0 Å². The van der Waals surface area contributed by atoms with Crippen LogP contribution in [0.3, 0.4) is 0 Å². The van der Waals surface area contributed by atoms with Crippen molar-refractivity contribution >= 4 is 19.8 Å². The Hall–Kier alpha value is -1.55.